The van der Waals surface area contributed by atoms with E-state index >= 15 is 0 Å². The predicted molar refractivity (Wildman–Crippen MR) is 239 cm³/mol. The lowest BCUT2D eigenvalue weighted by molar-refractivity contribution is 0.401. The zero-order chi connectivity index (χ0) is 38.3. The van der Waals surface area contributed by atoms with Crippen molar-refractivity contribution < 1.29 is 0 Å². The molecule has 282 valence electrons. The van der Waals surface area contributed by atoms with Gasteiger partial charge in [-0.25, -0.2) is 0 Å². The molecular formula is C54H61N. The van der Waals surface area contributed by atoms with Crippen LogP contribution in [0.3, 0.4) is 0 Å². The minimum absolute atomic E-state index is 0.0576. The Labute approximate surface area is 332 Å². The van der Waals surface area contributed by atoms with E-state index in [0.717, 1.165) is 12.1 Å². The van der Waals surface area contributed by atoms with Gasteiger partial charge in [-0.3, -0.25) is 0 Å². The molecule has 1 aliphatic carbocycles. The Morgan fingerprint density at radius 2 is 0.945 bits per heavy atom. The highest BCUT2D eigenvalue weighted by Gasteiger charge is 2.42. The first-order chi connectivity index (χ1) is 26.9. The highest BCUT2D eigenvalue weighted by molar-refractivity contribution is 5.83. The smallest absolute Gasteiger partial charge is 0.0387 e. The van der Waals surface area contributed by atoms with Gasteiger partial charge in [-0.15, -0.1) is 0 Å². The molecule has 0 bridgehead atoms. The van der Waals surface area contributed by atoms with E-state index in [1.807, 2.05) is 0 Å². The first kappa shape index (κ1) is 38.4. The molecule has 0 aromatic heterocycles. The number of benzene rings is 6. The van der Waals surface area contributed by atoms with Crippen LogP contribution in [0.4, 0.5) is 11.4 Å². The van der Waals surface area contributed by atoms with Gasteiger partial charge in [0, 0.05) is 22.2 Å². The van der Waals surface area contributed by atoms with E-state index in [1.165, 1.54) is 126 Å². The van der Waals surface area contributed by atoms with Gasteiger partial charge in [-0.1, -0.05) is 200 Å². The largest absolute Gasteiger partial charge is 0.356 e. The van der Waals surface area contributed by atoms with E-state index in [2.05, 4.69) is 179 Å². The lowest BCUT2D eigenvalue weighted by Gasteiger charge is -2.33. The van der Waals surface area contributed by atoms with Crippen LogP contribution in [0.25, 0.3) is 33.4 Å². The summed E-state index contributed by atoms with van der Waals surface area (Å²) in [5, 5.41) is 3.80. The third-order valence-corrected chi connectivity index (χ3v) is 12.8. The molecule has 55 heavy (non-hydrogen) atoms. The highest BCUT2D eigenvalue weighted by atomic mass is 14.9. The number of rotatable bonds is 17. The van der Waals surface area contributed by atoms with Gasteiger partial charge in [0.05, 0.1) is 0 Å². The summed E-state index contributed by atoms with van der Waals surface area (Å²) in [7, 11) is 0. The molecule has 6 aromatic carbocycles. The second-order valence-electron chi connectivity index (χ2n) is 16.4. The molecule has 0 fully saturated rings. The van der Waals surface area contributed by atoms with Crippen LogP contribution in [0.1, 0.15) is 126 Å². The van der Waals surface area contributed by atoms with Crippen LogP contribution in [0.2, 0.25) is 0 Å². The van der Waals surface area contributed by atoms with Crippen LogP contribution < -0.4 is 5.32 Å². The van der Waals surface area contributed by atoms with Crippen LogP contribution in [-0.2, 0) is 10.8 Å². The van der Waals surface area contributed by atoms with Crippen molar-refractivity contribution >= 4 is 11.4 Å². The van der Waals surface area contributed by atoms with Gasteiger partial charge in [0.2, 0.25) is 0 Å². The van der Waals surface area contributed by atoms with Crippen LogP contribution in [0, 0.1) is 6.92 Å². The highest BCUT2D eigenvalue weighted by Crippen LogP contribution is 2.55. The van der Waals surface area contributed by atoms with Crippen LogP contribution in [0.5, 0.6) is 0 Å². The van der Waals surface area contributed by atoms with Crippen molar-refractivity contribution in [2.45, 2.75) is 116 Å². The maximum atomic E-state index is 3.80. The summed E-state index contributed by atoms with van der Waals surface area (Å²) in [6.45, 7) is 11.5. The Balaban J connectivity index is 1.08. The number of unbranched alkanes of at least 4 members (excludes halogenated alkanes) is 6. The summed E-state index contributed by atoms with van der Waals surface area (Å²) < 4.78 is 0. The van der Waals surface area contributed by atoms with Crippen molar-refractivity contribution in [1.82, 2.24) is 0 Å². The summed E-state index contributed by atoms with van der Waals surface area (Å²) in [6, 6.07) is 52.7. The van der Waals surface area contributed by atoms with Crippen molar-refractivity contribution in [2.24, 2.45) is 0 Å². The fraction of sp³-hybridized carbons (Fsp3) is 0.333. The molecule has 1 heteroatoms. The molecule has 0 spiro atoms. The lowest BCUT2D eigenvalue weighted by atomic mass is 9.70. The number of anilines is 2. The molecule has 0 radical (unpaired) electrons. The minimum atomic E-state index is -0.0576. The zero-order valence-electron chi connectivity index (χ0n) is 34.1. The summed E-state index contributed by atoms with van der Waals surface area (Å²) in [5.74, 6) is 0. The lowest BCUT2D eigenvalue weighted by Crippen LogP contribution is -2.25. The van der Waals surface area contributed by atoms with Crippen molar-refractivity contribution in [3.63, 3.8) is 0 Å². The van der Waals surface area contributed by atoms with Crippen molar-refractivity contribution in [2.75, 3.05) is 5.32 Å². The normalized spacial score (nSPS) is 13.9. The van der Waals surface area contributed by atoms with E-state index < -0.39 is 0 Å². The third-order valence-electron chi connectivity index (χ3n) is 12.8. The zero-order valence-corrected chi connectivity index (χ0v) is 34.1. The molecule has 0 saturated heterocycles. The van der Waals surface area contributed by atoms with Crippen LogP contribution in [-0.4, -0.2) is 0 Å². The quantitative estimate of drug-likeness (QED) is 0.0924. The molecule has 0 heterocycles. The molecule has 0 aliphatic heterocycles. The number of fused-ring (bicyclic) bond motifs is 3. The van der Waals surface area contributed by atoms with Gasteiger partial charge in [-0.05, 0) is 106 Å². The Morgan fingerprint density at radius 3 is 1.47 bits per heavy atom. The molecule has 6 aromatic rings. The fourth-order valence-electron chi connectivity index (χ4n) is 9.20. The topological polar surface area (TPSA) is 12.0 Å². The number of hydrogen-bond donors (Lipinski definition) is 1. The SMILES string of the molecule is CCCCCCC1(CCCCCC)c2ccccc2-c2ccc(Nc3ccc(-c4ccc(C(C)(CC)c5ccc(-c6ccc(C)cc6)cc5)cc4)cc3)cc21. The number of hydrogen-bond acceptors (Lipinski definition) is 1. The second-order valence-corrected chi connectivity index (χ2v) is 16.4. The number of nitrogens with one attached hydrogen (secondary N) is 1. The van der Waals surface area contributed by atoms with E-state index in [1.54, 1.807) is 5.56 Å². The maximum absolute atomic E-state index is 3.80. The Kier molecular flexibility index (Phi) is 12.1. The fourth-order valence-corrected chi connectivity index (χ4v) is 9.20. The molecule has 1 N–H and O–H groups in total. The van der Waals surface area contributed by atoms with E-state index in [4.69, 9.17) is 0 Å². The number of aryl methyl sites for hydroxylation is 1. The van der Waals surface area contributed by atoms with Gasteiger partial charge in [0.25, 0.3) is 0 Å². The van der Waals surface area contributed by atoms with E-state index in [9.17, 15) is 0 Å². The molecule has 0 amide bonds. The molecule has 1 unspecified atom stereocenters. The average molecular weight is 724 g/mol. The third kappa shape index (κ3) is 8.09. The Hall–Kier alpha value is -4.88. The van der Waals surface area contributed by atoms with Crippen molar-refractivity contribution in [3.8, 4) is 33.4 Å². The second kappa shape index (κ2) is 17.3. The van der Waals surface area contributed by atoms with Gasteiger partial charge >= 0.3 is 0 Å². The van der Waals surface area contributed by atoms with Crippen molar-refractivity contribution in [3.05, 3.63) is 167 Å². The van der Waals surface area contributed by atoms with Gasteiger partial charge in [-0.2, -0.15) is 0 Å². The van der Waals surface area contributed by atoms with Crippen molar-refractivity contribution in [1.29, 1.82) is 0 Å². The van der Waals surface area contributed by atoms with E-state index in [-0.39, 0.29) is 10.8 Å². The molecular weight excluding hydrogens is 663 g/mol. The Bertz CT molecular complexity index is 2120. The molecule has 1 aliphatic rings. The summed E-state index contributed by atoms with van der Waals surface area (Å²) >= 11 is 0. The maximum Gasteiger partial charge on any atom is 0.0387 e. The van der Waals surface area contributed by atoms with E-state index in [0.29, 0.717) is 0 Å². The minimum Gasteiger partial charge on any atom is -0.356 e. The average Bonchev–Trinajstić information content (AvgIpc) is 3.50. The van der Waals surface area contributed by atoms with Gasteiger partial charge in [0.1, 0.15) is 0 Å². The standard InChI is InChI=1S/C54H61N/c1-6-9-11-15-37-54(38-16-12-10-7-2)51-18-14-13-17-49(51)50-36-35-48(39-52(50)54)55-47-33-27-44(28-34-47)43-25-31-46(32-26-43)53(5,8-3)45-29-23-42(24-30-45)41-21-19-40(4)20-22-41/h13-14,17-36,39,55H,6-12,15-16,37-38H2,1-5H3. The molecule has 0 saturated carbocycles. The van der Waals surface area contributed by atoms with Crippen LogP contribution >= 0.6 is 0 Å². The summed E-state index contributed by atoms with van der Waals surface area (Å²) in [6.07, 6.45) is 13.9. The van der Waals surface area contributed by atoms with Crippen LogP contribution in [0.15, 0.2) is 140 Å². The molecule has 1 nitrogen and oxygen atoms in total. The molecule has 7 rings (SSSR count). The Morgan fingerprint density at radius 1 is 0.473 bits per heavy atom. The summed E-state index contributed by atoms with van der Waals surface area (Å²) in [5.41, 5.74) is 17.3. The molecule has 1 atom stereocenters. The van der Waals surface area contributed by atoms with Gasteiger partial charge < -0.3 is 5.32 Å². The summed E-state index contributed by atoms with van der Waals surface area (Å²) in [4.78, 5) is 0. The predicted octanol–water partition coefficient (Wildman–Crippen LogP) is 16.0. The monoisotopic (exact) mass is 723 g/mol. The van der Waals surface area contributed by atoms with Gasteiger partial charge in [0.15, 0.2) is 0 Å². The first-order valence-electron chi connectivity index (χ1n) is 21.3. The first-order valence-corrected chi connectivity index (χ1v) is 21.3.